The van der Waals surface area contributed by atoms with Gasteiger partial charge in [-0.15, -0.1) is 0 Å². The second kappa shape index (κ2) is 16.9. The average Bonchev–Trinajstić information content (AvgIpc) is 2.83. The van der Waals surface area contributed by atoms with Gasteiger partial charge in [-0.1, -0.05) is 64.2 Å². The molecule has 1 aromatic carbocycles. The van der Waals surface area contributed by atoms with Gasteiger partial charge in [0.05, 0.1) is 6.42 Å². The van der Waals surface area contributed by atoms with E-state index in [9.17, 15) is 19.2 Å². The standard InChI is InChI=1S/C31H52N4O5/c1-9-11-12-13-14-19-35(29(38)25(20-26(32)36)34-30(39)40-31(6,7)8)27(28(37)33-22(4)16-10-2)24-18-15-17-21(3)23(24)5/h15,17-18,22,25,27H,9-14,16,19-20H2,1-8H3,(H2,32,36)(H,33,37)(H,34,39). The summed E-state index contributed by atoms with van der Waals surface area (Å²) in [5.41, 5.74) is 7.30. The number of hydrogen-bond donors (Lipinski definition) is 3. The molecule has 3 unspecified atom stereocenters. The van der Waals surface area contributed by atoms with E-state index in [0.717, 1.165) is 49.7 Å². The third-order valence-corrected chi connectivity index (χ3v) is 6.79. The summed E-state index contributed by atoms with van der Waals surface area (Å²) in [6.45, 7) is 15.4. The fourth-order valence-electron chi connectivity index (χ4n) is 4.65. The normalized spacial score (nSPS) is 13.6. The first-order chi connectivity index (χ1) is 18.7. The van der Waals surface area contributed by atoms with Crippen LogP contribution in [0.5, 0.6) is 0 Å². The number of amides is 4. The van der Waals surface area contributed by atoms with E-state index in [2.05, 4.69) is 17.6 Å². The van der Waals surface area contributed by atoms with E-state index in [4.69, 9.17) is 10.5 Å². The molecule has 0 spiro atoms. The number of unbranched alkanes of at least 4 members (excludes halogenated alkanes) is 4. The number of nitrogens with one attached hydrogen (secondary N) is 2. The molecular weight excluding hydrogens is 508 g/mol. The smallest absolute Gasteiger partial charge is 0.408 e. The van der Waals surface area contributed by atoms with E-state index in [1.54, 1.807) is 20.8 Å². The molecule has 0 saturated heterocycles. The Kier molecular flexibility index (Phi) is 14.7. The number of ether oxygens (including phenoxy) is 1. The van der Waals surface area contributed by atoms with Crippen molar-refractivity contribution in [3.63, 3.8) is 0 Å². The second-order valence-corrected chi connectivity index (χ2v) is 11.7. The Hall–Kier alpha value is -3.10. The first-order valence-corrected chi connectivity index (χ1v) is 14.7. The van der Waals surface area contributed by atoms with Crippen LogP contribution in [0.15, 0.2) is 18.2 Å². The lowest BCUT2D eigenvalue weighted by Crippen LogP contribution is -2.54. The van der Waals surface area contributed by atoms with E-state index < -0.39 is 42.0 Å². The van der Waals surface area contributed by atoms with E-state index in [1.165, 1.54) is 4.90 Å². The van der Waals surface area contributed by atoms with E-state index in [1.807, 2.05) is 45.9 Å². The van der Waals surface area contributed by atoms with Crippen molar-refractivity contribution in [2.45, 2.75) is 130 Å². The molecule has 1 rings (SSSR count). The predicted molar refractivity (Wildman–Crippen MR) is 159 cm³/mol. The van der Waals surface area contributed by atoms with E-state index in [0.29, 0.717) is 12.0 Å². The van der Waals surface area contributed by atoms with Crippen molar-refractivity contribution in [3.8, 4) is 0 Å². The molecule has 0 saturated carbocycles. The lowest BCUT2D eigenvalue weighted by atomic mass is 9.94. The highest BCUT2D eigenvalue weighted by Gasteiger charge is 2.37. The molecule has 9 heteroatoms. The summed E-state index contributed by atoms with van der Waals surface area (Å²) in [5, 5.41) is 5.63. The number of alkyl carbamates (subject to hydrolysis) is 1. The largest absolute Gasteiger partial charge is 0.444 e. The first kappa shape index (κ1) is 34.9. The number of nitrogens with two attached hydrogens (primary N) is 1. The zero-order valence-electron chi connectivity index (χ0n) is 25.9. The van der Waals surface area contributed by atoms with Gasteiger partial charge in [-0.3, -0.25) is 14.4 Å². The molecular formula is C31H52N4O5. The number of carbonyl (C=O) groups is 4. The molecule has 0 bridgehead atoms. The SMILES string of the molecule is CCCCCCCN(C(=O)C(CC(N)=O)NC(=O)OC(C)(C)C)C(C(=O)NC(C)CCC)c1cccc(C)c1C. The van der Waals surface area contributed by atoms with Crippen molar-refractivity contribution in [2.75, 3.05) is 6.54 Å². The zero-order valence-corrected chi connectivity index (χ0v) is 25.9. The zero-order chi connectivity index (χ0) is 30.5. The molecule has 0 aliphatic rings. The minimum atomic E-state index is -1.28. The molecule has 0 fully saturated rings. The summed E-state index contributed by atoms with van der Waals surface area (Å²) >= 11 is 0. The van der Waals surface area contributed by atoms with Crippen molar-refractivity contribution in [1.82, 2.24) is 15.5 Å². The number of benzene rings is 1. The lowest BCUT2D eigenvalue weighted by molar-refractivity contribution is -0.143. The fourth-order valence-corrected chi connectivity index (χ4v) is 4.65. The number of nitrogens with zero attached hydrogens (tertiary/aromatic N) is 1. The highest BCUT2D eigenvalue weighted by Crippen LogP contribution is 2.28. The Labute approximate surface area is 241 Å². The van der Waals surface area contributed by atoms with Gasteiger partial charge in [-0.25, -0.2) is 4.79 Å². The third kappa shape index (κ3) is 12.0. The average molecular weight is 561 g/mol. The van der Waals surface area contributed by atoms with Crippen LogP contribution in [-0.4, -0.2) is 52.9 Å². The fraction of sp³-hybridized carbons (Fsp3) is 0.677. The second-order valence-electron chi connectivity index (χ2n) is 11.7. The quantitative estimate of drug-likeness (QED) is 0.239. The molecule has 0 aliphatic heterocycles. The van der Waals surface area contributed by atoms with Crippen LogP contribution in [0, 0.1) is 13.8 Å². The van der Waals surface area contributed by atoms with Crippen molar-refractivity contribution in [2.24, 2.45) is 5.73 Å². The summed E-state index contributed by atoms with van der Waals surface area (Å²) in [7, 11) is 0. The predicted octanol–water partition coefficient (Wildman–Crippen LogP) is 5.22. The minimum absolute atomic E-state index is 0.0899. The molecule has 9 nitrogen and oxygen atoms in total. The van der Waals surface area contributed by atoms with Crippen LogP contribution in [0.1, 0.15) is 116 Å². The van der Waals surface area contributed by atoms with Crippen LogP contribution in [-0.2, 0) is 19.1 Å². The van der Waals surface area contributed by atoms with Crippen LogP contribution < -0.4 is 16.4 Å². The van der Waals surface area contributed by atoms with Crippen LogP contribution >= 0.6 is 0 Å². The molecule has 0 heterocycles. The number of aryl methyl sites for hydroxylation is 1. The molecule has 0 aromatic heterocycles. The van der Waals surface area contributed by atoms with Gasteiger partial charge in [0.1, 0.15) is 17.7 Å². The molecule has 4 N–H and O–H groups in total. The molecule has 3 atom stereocenters. The Balaban J connectivity index is 3.59. The number of primary amides is 1. The van der Waals surface area contributed by atoms with Gasteiger partial charge in [0, 0.05) is 12.6 Å². The van der Waals surface area contributed by atoms with Crippen LogP contribution in [0.3, 0.4) is 0 Å². The molecule has 4 amide bonds. The lowest BCUT2D eigenvalue weighted by Gasteiger charge is -2.35. The molecule has 226 valence electrons. The van der Waals surface area contributed by atoms with Gasteiger partial charge < -0.3 is 26.0 Å². The highest BCUT2D eigenvalue weighted by atomic mass is 16.6. The summed E-state index contributed by atoms with van der Waals surface area (Å²) < 4.78 is 5.36. The van der Waals surface area contributed by atoms with Gasteiger partial charge in [-0.05, 0) is 71.1 Å². The van der Waals surface area contributed by atoms with Gasteiger partial charge in [0.2, 0.25) is 17.7 Å². The molecule has 40 heavy (non-hydrogen) atoms. The summed E-state index contributed by atoms with van der Waals surface area (Å²) in [6.07, 6.45) is 5.15. The summed E-state index contributed by atoms with van der Waals surface area (Å²) in [5.74, 6) is -1.60. The highest BCUT2D eigenvalue weighted by molar-refractivity contribution is 5.94. The topological polar surface area (TPSA) is 131 Å². The van der Waals surface area contributed by atoms with Crippen molar-refractivity contribution >= 4 is 23.8 Å². The maximum atomic E-state index is 14.2. The Morgan fingerprint density at radius 1 is 0.975 bits per heavy atom. The van der Waals surface area contributed by atoms with Crippen LogP contribution in [0.2, 0.25) is 0 Å². The van der Waals surface area contributed by atoms with Gasteiger partial charge in [-0.2, -0.15) is 0 Å². The Morgan fingerprint density at radius 3 is 2.20 bits per heavy atom. The summed E-state index contributed by atoms with van der Waals surface area (Å²) in [4.78, 5) is 54.3. The van der Waals surface area contributed by atoms with Crippen molar-refractivity contribution in [1.29, 1.82) is 0 Å². The minimum Gasteiger partial charge on any atom is -0.444 e. The maximum Gasteiger partial charge on any atom is 0.408 e. The Morgan fingerprint density at radius 2 is 1.62 bits per heavy atom. The number of carbonyl (C=O) groups excluding carboxylic acids is 4. The van der Waals surface area contributed by atoms with Gasteiger partial charge in [0.25, 0.3) is 0 Å². The Bertz CT molecular complexity index is 988. The van der Waals surface area contributed by atoms with Gasteiger partial charge >= 0.3 is 6.09 Å². The van der Waals surface area contributed by atoms with Crippen molar-refractivity contribution in [3.05, 3.63) is 34.9 Å². The van der Waals surface area contributed by atoms with Crippen LogP contribution in [0.4, 0.5) is 4.79 Å². The van der Waals surface area contributed by atoms with Crippen molar-refractivity contribution < 1.29 is 23.9 Å². The molecule has 0 radical (unpaired) electrons. The van der Waals surface area contributed by atoms with Crippen LogP contribution in [0.25, 0.3) is 0 Å². The van der Waals surface area contributed by atoms with E-state index in [-0.39, 0.29) is 18.5 Å². The third-order valence-electron chi connectivity index (χ3n) is 6.79. The number of rotatable bonds is 16. The molecule has 0 aliphatic carbocycles. The summed E-state index contributed by atoms with van der Waals surface area (Å²) in [6, 6.07) is 3.37. The monoisotopic (exact) mass is 560 g/mol. The first-order valence-electron chi connectivity index (χ1n) is 14.7. The molecule has 1 aromatic rings. The maximum absolute atomic E-state index is 14.2. The van der Waals surface area contributed by atoms with Gasteiger partial charge in [0.15, 0.2) is 0 Å². The van der Waals surface area contributed by atoms with E-state index >= 15 is 0 Å². The number of hydrogen-bond acceptors (Lipinski definition) is 5.